The van der Waals surface area contributed by atoms with Crippen LogP contribution in [0.1, 0.15) is 55.0 Å². The van der Waals surface area contributed by atoms with Gasteiger partial charge in [0.05, 0.1) is 0 Å². The van der Waals surface area contributed by atoms with Crippen LogP contribution in [0.2, 0.25) is 0 Å². The Morgan fingerprint density at radius 3 is 2.30 bits per heavy atom. The summed E-state index contributed by atoms with van der Waals surface area (Å²) in [5, 5.41) is 2.10. The van der Waals surface area contributed by atoms with Crippen molar-refractivity contribution in [3.05, 3.63) is 100 Å². The van der Waals surface area contributed by atoms with Crippen molar-refractivity contribution in [2.24, 2.45) is 5.92 Å². The predicted molar refractivity (Wildman–Crippen MR) is 131 cm³/mol. The summed E-state index contributed by atoms with van der Waals surface area (Å²) in [5.41, 5.74) is 6.84. The van der Waals surface area contributed by atoms with Crippen LogP contribution in [0.4, 0.5) is 0 Å². The zero-order valence-corrected chi connectivity index (χ0v) is 23.7. The summed E-state index contributed by atoms with van der Waals surface area (Å²) in [6.45, 7) is 2.15. The van der Waals surface area contributed by atoms with E-state index in [1.807, 2.05) is 6.07 Å². The van der Waals surface area contributed by atoms with Crippen molar-refractivity contribution in [1.29, 1.82) is 0 Å². The molecule has 0 aliphatic heterocycles. The van der Waals surface area contributed by atoms with Crippen LogP contribution in [0.25, 0.3) is 16.7 Å². The molecule has 1 heterocycles. The van der Waals surface area contributed by atoms with Gasteiger partial charge in [0.25, 0.3) is 0 Å². The van der Waals surface area contributed by atoms with Crippen LogP contribution in [0.5, 0.6) is 0 Å². The maximum Gasteiger partial charge on any atom is -0.0253 e. The van der Waals surface area contributed by atoms with Crippen LogP contribution in [0.3, 0.4) is 0 Å². The number of thiophene rings is 1. The third-order valence-electron chi connectivity index (χ3n) is 5.81. The Balaban J connectivity index is 0.000000177. The molecule has 0 amide bonds. The average molecular weight is 571 g/mol. The summed E-state index contributed by atoms with van der Waals surface area (Å²) in [6, 6.07) is 22.3. The summed E-state index contributed by atoms with van der Waals surface area (Å²) in [5.74, 6) is 0.493. The average Bonchev–Trinajstić information content (AvgIpc) is 3.55. The van der Waals surface area contributed by atoms with Crippen molar-refractivity contribution < 1.29 is 49.0 Å². The predicted octanol–water partition coefficient (Wildman–Crippen LogP) is 1.88. The minimum Gasteiger partial charge on any atom is -0.179 e. The van der Waals surface area contributed by atoms with Gasteiger partial charge in [-0.15, -0.1) is 5.56 Å². The van der Waals surface area contributed by atoms with Crippen molar-refractivity contribution in [3.63, 3.8) is 0 Å². The Morgan fingerprint density at radius 2 is 1.67 bits per heavy atom. The first kappa shape index (κ1) is 28.2. The molecule has 0 nitrogen and oxygen atoms in total. The van der Waals surface area contributed by atoms with E-state index in [-0.39, 0.29) is 24.8 Å². The number of hydrogen-bond donors (Lipinski definition) is 0. The van der Waals surface area contributed by atoms with E-state index in [1.165, 1.54) is 64.8 Å². The number of halogens is 2. The number of benzene rings is 2. The number of hydrogen-bond acceptors (Lipinski definition) is 1. The summed E-state index contributed by atoms with van der Waals surface area (Å²) in [6.07, 6.45) is 15.9. The summed E-state index contributed by atoms with van der Waals surface area (Å²) >= 11 is 3.47. The zero-order chi connectivity index (χ0) is 21.5. The van der Waals surface area contributed by atoms with Crippen LogP contribution >= 0.6 is 11.3 Å². The van der Waals surface area contributed by atoms with Gasteiger partial charge in [0.2, 0.25) is 0 Å². The van der Waals surface area contributed by atoms with Crippen molar-refractivity contribution in [2.75, 3.05) is 0 Å². The molecular formula is C29H28Cl2SZr-2. The second kappa shape index (κ2) is 14.4. The molecule has 0 radical (unpaired) electrons. The minimum atomic E-state index is 0. The Kier molecular flexibility index (Phi) is 12.3. The summed E-state index contributed by atoms with van der Waals surface area (Å²) < 4.78 is 1.80. The molecule has 0 spiro atoms. The molecule has 1 fully saturated rings. The summed E-state index contributed by atoms with van der Waals surface area (Å²) in [4.78, 5) is 1.35. The molecule has 3 aliphatic carbocycles. The van der Waals surface area contributed by atoms with Crippen LogP contribution in [-0.4, -0.2) is 3.21 Å². The molecule has 3 aliphatic rings. The van der Waals surface area contributed by atoms with Gasteiger partial charge < -0.3 is 24.8 Å². The Labute approximate surface area is 230 Å². The minimum absolute atomic E-state index is 0. The molecule has 33 heavy (non-hydrogen) atoms. The molecule has 2 aromatic carbocycles. The van der Waals surface area contributed by atoms with E-state index < -0.39 is 0 Å². The van der Waals surface area contributed by atoms with Crippen LogP contribution in [-0.2, 0) is 30.7 Å². The van der Waals surface area contributed by atoms with Crippen molar-refractivity contribution >= 4 is 20.1 Å². The maximum atomic E-state index is 3.30. The van der Waals surface area contributed by atoms with E-state index in [2.05, 4.69) is 85.1 Å². The van der Waals surface area contributed by atoms with Crippen LogP contribution in [0, 0.1) is 18.1 Å². The molecular weight excluding hydrogens is 543 g/mol. The van der Waals surface area contributed by atoms with Gasteiger partial charge in [-0.3, -0.25) is 6.08 Å². The van der Waals surface area contributed by atoms with Gasteiger partial charge in [0, 0.05) is 0 Å². The van der Waals surface area contributed by atoms with Crippen molar-refractivity contribution in [3.8, 4) is 11.1 Å². The monoisotopic (exact) mass is 568 g/mol. The van der Waals surface area contributed by atoms with E-state index in [4.69, 9.17) is 0 Å². The van der Waals surface area contributed by atoms with Gasteiger partial charge in [-0.2, -0.15) is 52.8 Å². The first-order chi connectivity index (χ1) is 15.2. The third kappa shape index (κ3) is 8.00. The normalized spacial score (nSPS) is 17.1. The first-order valence-corrected chi connectivity index (χ1v) is 13.3. The molecule has 4 heteroatoms. The van der Waals surface area contributed by atoms with Gasteiger partial charge in [0.1, 0.15) is 0 Å². The smallest absolute Gasteiger partial charge is 0.0253 e. The van der Waals surface area contributed by atoms with Gasteiger partial charge in [-0.1, -0.05) is 60.4 Å². The fraction of sp³-hybridized carbons (Fsp3) is 0.276. The van der Waals surface area contributed by atoms with Gasteiger partial charge in [0.15, 0.2) is 0 Å². The molecule has 3 aromatic rings. The molecule has 0 N–H and O–H groups in total. The van der Waals surface area contributed by atoms with Gasteiger partial charge in [-0.05, 0) is 16.7 Å². The first-order valence-electron chi connectivity index (χ1n) is 11.2. The molecule has 6 rings (SSSR count). The quantitative estimate of drug-likeness (QED) is 0.307. The Hall–Kier alpha value is -1.05. The second-order valence-electron chi connectivity index (χ2n) is 8.26. The maximum absolute atomic E-state index is 3.30. The Morgan fingerprint density at radius 1 is 0.909 bits per heavy atom. The van der Waals surface area contributed by atoms with Gasteiger partial charge in [-0.25, -0.2) is 6.08 Å². The molecule has 170 valence electrons. The number of allylic oxidation sites excluding steroid dienone is 4. The van der Waals surface area contributed by atoms with E-state index >= 15 is 0 Å². The number of rotatable bonds is 1. The van der Waals surface area contributed by atoms with Crippen molar-refractivity contribution in [2.45, 2.75) is 45.4 Å². The van der Waals surface area contributed by atoms with Crippen LogP contribution in [0.15, 0.2) is 72.1 Å². The molecule has 1 aromatic heterocycles. The van der Waals surface area contributed by atoms with Crippen LogP contribution < -0.4 is 24.8 Å². The molecule has 0 saturated heterocycles. The molecule has 1 saturated carbocycles. The fourth-order valence-corrected chi connectivity index (χ4v) is 5.75. The molecule has 1 unspecified atom stereocenters. The van der Waals surface area contributed by atoms with Crippen molar-refractivity contribution in [1.82, 2.24) is 0 Å². The molecule has 0 bridgehead atoms. The Bertz CT molecular complexity index is 1030. The second-order valence-corrected chi connectivity index (χ2v) is 10.9. The standard InChI is InChI=1S/C13H9.C10H9S.C6H10.2ClH.Zr/c1-3-7-12-10(5-1)9-11-6-2-4-8-13(11)12;1-8-4-5-9(7-8)10-3-2-6-11-10;1-2-4-6-5-3-1;;;/h1-5,7-8H,9H2;2-3,5-8H,1H3;1-5H2;2*1H;/q2*-1;;;;+2/p-2. The van der Waals surface area contributed by atoms with E-state index in [0.717, 1.165) is 6.42 Å². The fourth-order valence-electron chi connectivity index (χ4n) is 4.16. The third-order valence-corrected chi connectivity index (χ3v) is 7.96. The SMILES string of the molecule is CC1[C-]=CC(c2cccs2)=C1.[Cl-].[Cl-].[Zr+2]=[C]1CCCCC1.[c-]1cccc2c1Cc1ccccc1-2. The van der Waals surface area contributed by atoms with E-state index in [9.17, 15) is 0 Å². The largest absolute Gasteiger partial charge is 0.179 e. The van der Waals surface area contributed by atoms with E-state index in [1.54, 1.807) is 38.8 Å². The number of fused-ring (bicyclic) bond motifs is 3. The topological polar surface area (TPSA) is 0 Å². The molecule has 1 atom stereocenters. The van der Waals surface area contributed by atoms with E-state index in [0.29, 0.717) is 5.92 Å². The van der Waals surface area contributed by atoms with Gasteiger partial charge >= 0.3 is 59.5 Å². The zero-order valence-electron chi connectivity index (χ0n) is 18.9. The summed E-state index contributed by atoms with van der Waals surface area (Å²) in [7, 11) is 0.